The first kappa shape index (κ1) is 13.3. The third-order valence-corrected chi connectivity index (χ3v) is 3.67. The molecule has 1 atom stereocenters. The van der Waals surface area contributed by atoms with Gasteiger partial charge in [0, 0.05) is 17.9 Å². The van der Waals surface area contributed by atoms with E-state index in [4.69, 9.17) is 0 Å². The van der Waals surface area contributed by atoms with Gasteiger partial charge in [0.1, 0.15) is 5.69 Å². The van der Waals surface area contributed by atoms with Crippen LogP contribution < -0.4 is 4.90 Å². The molecule has 0 saturated carbocycles. The van der Waals surface area contributed by atoms with Crippen LogP contribution in [0.15, 0.2) is 42.6 Å². The number of fused-ring (bicyclic) bond motifs is 1. The van der Waals surface area contributed by atoms with Crippen molar-refractivity contribution in [3.63, 3.8) is 0 Å². The molecule has 21 heavy (non-hydrogen) atoms. The van der Waals surface area contributed by atoms with Crippen LogP contribution in [0.3, 0.4) is 0 Å². The molecule has 0 saturated heterocycles. The first-order chi connectivity index (χ1) is 10.1. The Morgan fingerprint density at radius 2 is 2.00 bits per heavy atom. The number of rotatable bonds is 2. The minimum atomic E-state index is -1.15. The van der Waals surface area contributed by atoms with Crippen molar-refractivity contribution >= 4 is 17.6 Å². The van der Waals surface area contributed by atoms with Crippen molar-refractivity contribution in [2.24, 2.45) is 0 Å². The van der Waals surface area contributed by atoms with Crippen molar-refractivity contribution in [3.05, 3.63) is 59.4 Å². The molecule has 1 aromatic heterocycles. The van der Waals surface area contributed by atoms with Crippen LogP contribution in [0.4, 0.5) is 5.69 Å². The van der Waals surface area contributed by atoms with Crippen LogP contribution in [0.1, 0.15) is 33.3 Å². The molecule has 0 radical (unpaired) electrons. The smallest absolute Gasteiger partial charge is 0.338 e. The summed E-state index contributed by atoms with van der Waals surface area (Å²) in [4.78, 5) is 29.6. The summed E-state index contributed by atoms with van der Waals surface area (Å²) in [5.41, 5.74) is 1.83. The predicted octanol–water partition coefficient (Wildman–Crippen LogP) is 2.37. The summed E-state index contributed by atoms with van der Waals surface area (Å²) in [6.45, 7) is 1.95. The molecule has 3 rings (SSSR count). The molecule has 2 aromatic rings. The van der Waals surface area contributed by atoms with Crippen molar-refractivity contribution in [1.29, 1.82) is 0 Å². The maximum atomic E-state index is 12.7. The molecule has 1 N–H and O–H groups in total. The average Bonchev–Trinajstić information content (AvgIpc) is 2.82. The lowest BCUT2D eigenvalue weighted by atomic mass is 10.1. The second-order valence-corrected chi connectivity index (χ2v) is 5.06. The van der Waals surface area contributed by atoms with Crippen molar-refractivity contribution in [2.45, 2.75) is 19.4 Å². The molecule has 5 nitrogen and oxygen atoms in total. The highest BCUT2D eigenvalue weighted by atomic mass is 16.4. The van der Waals surface area contributed by atoms with Crippen molar-refractivity contribution in [1.82, 2.24) is 4.98 Å². The van der Waals surface area contributed by atoms with E-state index in [9.17, 15) is 14.7 Å². The van der Waals surface area contributed by atoms with E-state index in [0.29, 0.717) is 0 Å². The normalized spacial score (nSPS) is 16.6. The Morgan fingerprint density at radius 3 is 2.76 bits per heavy atom. The lowest BCUT2D eigenvalue weighted by molar-refractivity contribution is 0.0691. The fourth-order valence-corrected chi connectivity index (χ4v) is 2.74. The minimum Gasteiger partial charge on any atom is -0.478 e. The Morgan fingerprint density at radius 1 is 1.24 bits per heavy atom. The van der Waals surface area contributed by atoms with Crippen molar-refractivity contribution in [2.75, 3.05) is 4.90 Å². The molecule has 1 aliphatic rings. The number of nitrogens with zero attached hydrogens (tertiary/aromatic N) is 2. The zero-order valence-electron chi connectivity index (χ0n) is 11.5. The van der Waals surface area contributed by atoms with Gasteiger partial charge in [0.25, 0.3) is 5.91 Å². The molecule has 1 amide bonds. The lowest BCUT2D eigenvalue weighted by Gasteiger charge is -2.22. The Balaban J connectivity index is 2.06. The van der Waals surface area contributed by atoms with Crippen LogP contribution in [0.2, 0.25) is 0 Å². The number of anilines is 1. The van der Waals surface area contributed by atoms with Gasteiger partial charge < -0.3 is 10.0 Å². The number of carboxylic acids is 1. The highest BCUT2D eigenvalue weighted by Gasteiger charge is 2.33. The second-order valence-electron chi connectivity index (χ2n) is 5.06. The summed E-state index contributed by atoms with van der Waals surface area (Å²) in [7, 11) is 0. The Kier molecular flexibility index (Phi) is 3.17. The lowest BCUT2D eigenvalue weighted by Crippen LogP contribution is -2.37. The number of benzene rings is 1. The van der Waals surface area contributed by atoms with Gasteiger partial charge in [0.2, 0.25) is 0 Å². The minimum absolute atomic E-state index is 0.0152. The van der Waals surface area contributed by atoms with Crippen molar-refractivity contribution in [3.8, 4) is 0 Å². The fourth-order valence-electron chi connectivity index (χ4n) is 2.74. The quantitative estimate of drug-likeness (QED) is 0.918. The second kappa shape index (κ2) is 5.01. The summed E-state index contributed by atoms with van der Waals surface area (Å²) >= 11 is 0. The first-order valence-electron chi connectivity index (χ1n) is 6.69. The molecular formula is C16H14N2O3. The van der Waals surface area contributed by atoms with Gasteiger partial charge in [-0.25, -0.2) is 4.79 Å². The van der Waals surface area contributed by atoms with E-state index in [1.165, 1.54) is 18.3 Å². The number of carbonyl (C=O) groups is 2. The summed E-state index contributed by atoms with van der Waals surface area (Å²) in [5, 5.41) is 9.21. The highest BCUT2D eigenvalue weighted by Crippen LogP contribution is 2.33. The van der Waals surface area contributed by atoms with E-state index in [-0.39, 0.29) is 23.2 Å². The van der Waals surface area contributed by atoms with Crippen molar-refractivity contribution < 1.29 is 14.7 Å². The summed E-state index contributed by atoms with van der Waals surface area (Å²) < 4.78 is 0. The van der Waals surface area contributed by atoms with Gasteiger partial charge in [-0.15, -0.1) is 0 Å². The Labute approximate surface area is 121 Å². The van der Waals surface area contributed by atoms with E-state index in [0.717, 1.165) is 17.7 Å². The van der Waals surface area contributed by atoms with Crippen LogP contribution in [0.25, 0.3) is 0 Å². The molecule has 0 aliphatic carbocycles. The largest absolute Gasteiger partial charge is 0.478 e. The standard InChI is InChI=1S/C16H14N2O3/c1-10-9-11-5-2-3-7-13(11)18(10)15(19)14-12(16(20)21)6-4-8-17-14/h2-8,10H,9H2,1H3,(H,20,21). The number of carboxylic acid groups (broad SMARTS) is 1. The highest BCUT2D eigenvalue weighted by molar-refractivity contribution is 6.11. The van der Waals surface area contributed by atoms with Gasteiger partial charge >= 0.3 is 5.97 Å². The third kappa shape index (κ3) is 2.16. The predicted molar refractivity (Wildman–Crippen MR) is 77.6 cm³/mol. The average molecular weight is 282 g/mol. The zero-order chi connectivity index (χ0) is 15.0. The molecule has 1 aliphatic heterocycles. The van der Waals surface area contributed by atoms with Gasteiger partial charge in [-0.2, -0.15) is 0 Å². The molecule has 106 valence electrons. The number of para-hydroxylation sites is 1. The molecule has 2 heterocycles. The number of amides is 1. The van der Waals surface area contributed by atoms with Gasteiger partial charge in [-0.3, -0.25) is 9.78 Å². The third-order valence-electron chi connectivity index (χ3n) is 3.67. The van der Waals surface area contributed by atoms with Crippen LogP contribution in [-0.4, -0.2) is 28.0 Å². The molecule has 1 unspecified atom stereocenters. The molecule has 0 fully saturated rings. The summed E-state index contributed by atoms with van der Waals surface area (Å²) in [6, 6.07) is 10.6. The van der Waals surface area contributed by atoms with Crippen LogP contribution in [-0.2, 0) is 6.42 Å². The maximum Gasteiger partial charge on any atom is 0.338 e. The number of hydrogen-bond acceptors (Lipinski definition) is 3. The number of aromatic nitrogens is 1. The number of pyridine rings is 1. The van der Waals surface area contributed by atoms with Gasteiger partial charge in [-0.1, -0.05) is 18.2 Å². The van der Waals surface area contributed by atoms with E-state index >= 15 is 0 Å². The van der Waals surface area contributed by atoms with E-state index in [2.05, 4.69) is 4.98 Å². The number of aromatic carboxylic acids is 1. The van der Waals surface area contributed by atoms with Gasteiger partial charge in [0.05, 0.1) is 5.56 Å². The molecule has 5 heteroatoms. The topological polar surface area (TPSA) is 70.5 Å². The van der Waals surface area contributed by atoms with Crippen LogP contribution in [0, 0.1) is 0 Å². The van der Waals surface area contributed by atoms with Gasteiger partial charge in [0.15, 0.2) is 0 Å². The van der Waals surface area contributed by atoms with E-state index < -0.39 is 5.97 Å². The Hall–Kier alpha value is -2.69. The fraction of sp³-hybridized carbons (Fsp3) is 0.188. The monoisotopic (exact) mass is 282 g/mol. The SMILES string of the molecule is CC1Cc2ccccc2N1C(=O)c1ncccc1C(=O)O. The molecule has 0 bridgehead atoms. The van der Waals surface area contributed by atoms with Gasteiger partial charge in [-0.05, 0) is 37.1 Å². The number of hydrogen-bond donors (Lipinski definition) is 1. The zero-order valence-corrected chi connectivity index (χ0v) is 11.5. The summed E-state index contributed by atoms with van der Waals surface area (Å²) in [5.74, 6) is -1.52. The van der Waals surface area contributed by atoms with Crippen LogP contribution >= 0.6 is 0 Å². The van der Waals surface area contributed by atoms with Crippen LogP contribution in [0.5, 0.6) is 0 Å². The number of carbonyl (C=O) groups excluding carboxylic acids is 1. The Bertz CT molecular complexity index is 727. The molecule has 0 spiro atoms. The van der Waals surface area contributed by atoms with E-state index in [1.54, 1.807) is 4.90 Å². The van der Waals surface area contributed by atoms with E-state index in [1.807, 2.05) is 31.2 Å². The maximum absolute atomic E-state index is 12.7. The molecule has 1 aromatic carbocycles. The molecular weight excluding hydrogens is 268 g/mol. The summed E-state index contributed by atoms with van der Waals surface area (Å²) in [6.07, 6.45) is 2.20. The first-order valence-corrected chi connectivity index (χ1v) is 6.69.